The number of ether oxygens (including phenoxy) is 1. The molecular weight excluding hydrogens is 478 g/mol. The molecule has 2 fully saturated rings. The minimum absolute atomic E-state index is 0.0583. The highest BCUT2D eigenvalue weighted by atomic mass is 16.5. The van der Waals surface area contributed by atoms with Crippen molar-refractivity contribution in [2.75, 3.05) is 56.2 Å². The highest BCUT2D eigenvalue weighted by molar-refractivity contribution is 6.13. The van der Waals surface area contributed by atoms with Crippen molar-refractivity contribution in [3.05, 3.63) is 35.3 Å². The summed E-state index contributed by atoms with van der Waals surface area (Å²) in [6.45, 7) is 6.39. The number of pyridine rings is 1. The van der Waals surface area contributed by atoms with Gasteiger partial charge in [0.25, 0.3) is 11.8 Å². The molecule has 0 unspecified atom stereocenters. The van der Waals surface area contributed by atoms with E-state index in [1.807, 2.05) is 6.92 Å². The number of nitrogens with zero attached hydrogens (tertiary/aromatic N) is 4. The summed E-state index contributed by atoms with van der Waals surface area (Å²) >= 11 is 0. The number of nitrogens with one attached hydrogen (secondary N) is 1. The molecule has 1 saturated carbocycles. The number of anilines is 2. The highest BCUT2D eigenvalue weighted by Crippen LogP contribution is 2.45. The van der Waals surface area contributed by atoms with Gasteiger partial charge in [0.2, 0.25) is 11.8 Å². The van der Waals surface area contributed by atoms with E-state index in [2.05, 4.69) is 15.2 Å². The molecule has 11 heteroatoms. The van der Waals surface area contributed by atoms with Gasteiger partial charge in [0.05, 0.1) is 29.9 Å². The fraction of sp³-hybridized carbons (Fsp3) is 0.538. The molecule has 198 valence electrons. The zero-order valence-corrected chi connectivity index (χ0v) is 21.3. The molecule has 1 spiro atoms. The first-order chi connectivity index (χ1) is 17.9. The maximum atomic E-state index is 13.4. The molecule has 3 aliphatic rings. The van der Waals surface area contributed by atoms with Crippen molar-refractivity contribution in [1.29, 1.82) is 0 Å². The lowest BCUT2D eigenvalue weighted by Crippen LogP contribution is -2.61. The van der Waals surface area contributed by atoms with E-state index < -0.39 is 5.91 Å². The third-order valence-electron chi connectivity index (χ3n) is 7.66. The van der Waals surface area contributed by atoms with Gasteiger partial charge in [-0.15, -0.1) is 0 Å². The molecular formula is C26H33N5O6. The van der Waals surface area contributed by atoms with Crippen LogP contribution in [0.15, 0.2) is 22.8 Å². The van der Waals surface area contributed by atoms with E-state index in [0.717, 1.165) is 19.3 Å². The Labute approximate surface area is 215 Å². The Hall–Kier alpha value is -3.60. The smallest absolute Gasteiger partial charge is 0.259 e. The van der Waals surface area contributed by atoms with E-state index in [0.29, 0.717) is 56.5 Å². The Balaban J connectivity index is 1.36. The van der Waals surface area contributed by atoms with Gasteiger partial charge in [-0.3, -0.25) is 14.4 Å². The van der Waals surface area contributed by atoms with Crippen LogP contribution >= 0.6 is 0 Å². The number of carbonyl (C=O) groups excluding carboxylic acids is 3. The number of carbonyl (C=O) groups is 3. The summed E-state index contributed by atoms with van der Waals surface area (Å²) in [5.41, 5.74) is 0.480. The molecule has 2 aromatic heterocycles. The average Bonchev–Trinajstić information content (AvgIpc) is 3.30. The molecule has 5 rings (SSSR count). The Morgan fingerprint density at radius 2 is 1.97 bits per heavy atom. The first kappa shape index (κ1) is 25.1. The lowest BCUT2D eigenvalue weighted by Gasteiger charge is -2.52. The number of furan rings is 1. The lowest BCUT2D eigenvalue weighted by molar-refractivity contribution is -0.129. The van der Waals surface area contributed by atoms with Crippen LogP contribution in [0.1, 0.15) is 59.6 Å². The van der Waals surface area contributed by atoms with Crippen molar-refractivity contribution in [3.8, 4) is 5.88 Å². The Morgan fingerprint density at radius 3 is 2.59 bits per heavy atom. The topological polar surface area (TPSA) is 128 Å². The number of amides is 3. The van der Waals surface area contributed by atoms with Crippen LogP contribution in [-0.2, 0) is 11.2 Å². The second-order valence-electron chi connectivity index (χ2n) is 9.79. The number of piperazine rings is 1. The molecule has 4 heterocycles. The molecule has 2 N–H and O–H groups in total. The normalized spacial score (nSPS) is 18.5. The SMILES string of the molecule is CCOc1nc(N2CCN(C(C)=O)CC2)ccc1NC(=O)c1coc2c1C(=O)N(CCO)C1(CCC1)C2. The van der Waals surface area contributed by atoms with Gasteiger partial charge in [-0.25, -0.2) is 0 Å². The summed E-state index contributed by atoms with van der Waals surface area (Å²) in [7, 11) is 0. The van der Waals surface area contributed by atoms with Gasteiger partial charge in [0.15, 0.2) is 0 Å². The first-order valence-corrected chi connectivity index (χ1v) is 12.9. The van der Waals surface area contributed by atoms with Crippen molar-refractivity contribution in [2.45, 2.75) is 45.1 Å². The molecule has 1 aliphatic carbocycles. The van der Waals surface area contributed by atoms with Gasteiger partial charge in [-0.05, 0) is 38.3 Å². The Morgan fingerprint density at radius 1 is 1.22 bits per heavy atom. The van der Waals surface area contributed by atoms with Crippen molar-refractivity contribution in [1.82, 2.24) is 14.8 Å². The zero-order valence-electron chi connectivity index (χ0n) is 21.3. The second-order valence-corrected chi connectivity index (χ2v) is 9.79. The van der Waals surface area contributed by atoms with Gasteiger partial charge in [-0.1, -0.05) is 0 Å². The van der Waals surface area contributed by atoms with Crippen LogP contribution in [0.4, 0.5) is 11.5 Å². The fourth-order valence-corrected chi connectivity index (χ4v) is 5.53. The predicted octanol–water partition coefficient (Wildman–Crippen LogP) is 1.91. The average molecular weight is 512 g/mol. The number of rotatable bonds is 7. The number of β-amino-alcohol motifs (C(OH)–C–C–N with tert-alkyl or cyclic N) is 1. The van der Waals surface area contributed by atoms with Gasteiger partial charge >= 0.3 is 0 Å². The zero-order chi connectivity index (χ0) is 26.2. The van der Waals surface area contributed by atoms with Crippen LogP contribution in [0.25, 0.3) is 0 Å². The number of aromatic nitrogens is 1. The Bertz CT molecular complexity index is 1200. The van der Waals surface area contributed by atoms with E-state index in [1.54, 1.807) is 28.9 Å². The van der Waals surface area contributed by atoms with Gasteiger partial charge in [0.1, 0.15) is 23.5 Å². The molecule has 3 amide bonds. The summed E-state index contributed by atoms with van der Waals surface area (Å²) in [5, 5.41) is 12.4. The summed E-state index contributed by atoms with van der Waals surface area (Å²) in [6, 6.07) is 3.54. The Kier molecular flexibility index (Phi) is 6.80. The maximum Gasteiger partial charge on any atom is 0.259 e. The molecule has 1 saturated heterocycles. The van der Waals surface area contributed by atoms with Crippen LogP contribution in [0.2, 0.25) is 0 Å². The minimum atomic E-state index is -0.488. The quantitative estimate of drug-likeness (QED) is 0.577. The summed E-state index contributed by atoms with van der Waals surface area (Å²) in [6.07, 6.45) is 4.62. The monoisotopic (exact) mass is 511 g/mol. The van der Waals surface area contributed by atoms with E-state index >= 15 is 0 Å². The summed E-state index contributed by atoms with van der Waals surface area (Å²) in [4.78, 5) is 48.6. The summed E-state index contributed by atoms with van der Waals surface area (Å²) in [5.74, 6) is 0.789. The third-order valence-corrected chi connectivity index (χ3v) is 7.66. The summed E-state index contributed by atoms with van der Waals surface area (Å²) < 4.78 is 11.5. The molecule has 11 nitrogen and oxygen atoms in total. The molecule has 2 aromatic rings. The molecule has 37 heavy (non-hydrogen) atoms. The molecule has 0 aromatic carbocycles. The number of aliphatic hydroxyl groups excluding tert-OH is 1. The van der Waals surface area contributed by atoms with Crippen LogP contribution in [-0.4, -0.2) is 89.1 Å². The molecule has 0 radical (unpaired) electrons. The maximum absolute atomic E-state index is 13.4. The van der Waals surface area contributed by atoms with Gasteiger partial charge in [-0.2, -0.15) is 4.98 Å². The van der Waals surface area contributed by atoms with E-state index in [9.17, 15) is 19.5 Å². The van der Waals surface area contributed by atoms with E-state index in [-0.39, 0.29) is 47.5 Å². The highest BCUT2D eigenvalue weighted by Gasteiger charge is 2.51. The van der Waals surface area contributed by atoms with Crippen LogP contribution in [0, 0.1) is 0 Å². The molecule has 2 aliphatic heterocycles. The number of hydrogen-bond acceptors (Lipinski definition) is 8. The number of aliphatic hydroxyl groups is 1. The van der Waals surface area contributed by atoms with Crippen LogP contribution in [0.5, 0.6) is 5.88 Å². The van der Waals surface area contributed by atoms with Crippen LogP contribution in [0.3, 0.4) is 0 Å². The van der Waals surface area contributed by atoms with E-state index in [4.69, 9.17) is 9.15 Å². The molecule has 0 atom stereocenters. The van der Waals surface area contributed by atoms with Crippen molar-refractivity contribution in [3.63, 3.8) is 0 Å². The van der Waals surface area contributed by atoms with Gasteiger partial charge < -0.3 is 34.3 Å². The minimum Gasteiger partial charge on any atom is -0.476 e. The lowest BCUT2D eigenvalue weighted by atomic mass is 9.69. The van der Waals surface area contributed by atoms with Crippen LogP contribution < -0.4 is 15.0 Å². The number of hydrogen-bond donors (Lipinski definition) is 2. The predicted molar refractivity (Wildman–Crippen MR) is 135 cm³/mol. The second kappa shape index (κ2) is 10.0. The largest absolute Gasteiger partial charge is 0.476 e. The first-order valence-electron chi connectivity index (χ1n) is 12.9. The number of fused-ring (bicyclic) bond motifs is 1. The standard InChI is InChI=1S/C26H33N5O6/c1-3-36-24-19(5-6-21(28-24)30-11-9-29(10-12-30)17(2)33)27-23(34)18-16-37-20-15-26(7-4-8-26)31(13-14-32)25(35)22(18)20/h5-6,16,32H,3-4,7-15H2,1-2H3,(H,27,34). The van der Waals surface area contributed by atoms with Crippen molar-refractivity contribution in [2.24, 2.45) is 0 Å². The fourth-order valence-electron chi connectivity index (χ4n) is 5.53. The van der Waals surface area contributed by atoms with Crippen molar-refractivity contribution < 1.29 is 28.6 Å². The third kappa shape index (κ3) is 4.52. The van der Waals surface area contributed by atoms with E-state index in [1.165, 1.54) is 6.26 Å². The van der Waals surface area contributed by atoms with Gasteiger partial charge in [0, 0.05) is 46.1 Å². The van der Waals surface area contributed by atoms with Crippen molar-refractivity contribution >= 4 is 29.2 Å². The molecule has 0 bridgehead atoms.